The molecule has 9 atom stereocenters. The van der Waals surface area contributed by atoms with Crippen molar-refractivity contribution in [1.29, 1.82) is 0 Å². The molecule has 9 aliphatic heterocycles. The Kier molecular flexibility index (Phi) is 41.6. The van der Waals surface area contributed by atoms with Crippen LogP contribution < -0.4 is 5.32 Å². The van der Waals surface area contributed by atoms with Gasteiger partial charge in [0, 0.05) is 142 Å². The maximum absolute atomic E-state index is 12.0. The Morgan fingerprint density at radius 2 is 0.574 bits per heavy atom. The van der Waals surface area contributed by atoms with Crippen LogP contribution in [-0.2, 0) is 33.4 Å². The highest BCUT2D eigenvalue weighted by atomic mass is 32.2. The molecule has 0 radical (unpaired) electrons. The number of nitrogens with one attached hydrogen (secondary N) is 1. The lowest BCUT2D eigenvalue weighted by Crippen LogP contribution is -2.64. The summed E-state index contributed by atoms with van der Waals surface area (Å²) in [6, 6.07) is 4.09. The summed E-state index contributed by atoms with van der Waals surface area (Å²) in [6.07, 6.45) is 9.34. The van der Waals surface area contributed by atoms with E-state index in [1.165, 1.54) is 41.4 Å². The third-order valence-corrected chi connectivity index (χ3v) is 27.1. The number of allylic oxidation sites excluding steroid dienone is 1. The Morgan fingerprint density at radius 1 is 0.279 bits per heavy atom. The number of piperazine rings is 1. The minimum atomic E-state index is -0.126. The fourth-order valence-electron chi connectivity index (χ4n) is 20.1. The van der Waals surface area contributed by atoms with E-state index in [9.17, 15) is 19.2 Å². The topological polar surface area (TPSA) is 137 Å². The Morgan fingerprint density at radius 3 is 0.868 bits per heavy atom. The molecule has 1 N–H and O–H groups in total. The fraction of sp³-hybridized carbons (Fsp3) is 0.874. The molecule has 0 aromatic heterocycles. The van der Waals surface area contributed by atoms with Crippen molar-refractivity contribution in [2.45, 2.75) is 536 Å². The van der Waals surface area contributed by atoms with Crippen LogP contribution >= 0.6 is 11.8 Å². The van der Waals surface area contributed by atoms with E-state index in [2.05, 4.69) is 446 Å². The molecule has 18 heteroatoms. The van der Waals surface area contributed by atoms with Gasteiger partial charge >= 0.3 is 0 Å². The second kappa shape index (κ2) is 43.9. The van der Waals surface area contributed by atoms with Gasteiger partial charge in [0.2, 0.25) is 23.6 Å². The van der Waals surface area contributed by atoms with Gasteiger partial charge < -0.3 is 63.6 Å². The van der Waals surface area contributed by atoms with Gasteiger partial charge in [0.05, 0.1) is 36.9 Å². The number of thioether (sulfide) groups is 1. The number of likely N-dealkylation sites (tertiary alicyclic amines) is 4. The van der Waals surface area contributed by atoms with Gasteiger partial charge in [-0.25, -0.2) is 0 Å². The van der Waals surface area contributed by atoms with Crippen LogP contribution in [0.15, 0.2) is 61.1 Å². The number of ether oxygens (including phenoxy) is 3. The lowest BCUT2D eigenvalue weighted by Gasteiger charge is -2.57. The highest BCUT2D eigenvalue weighted by Gasteiger charge is 2.51. The van der Waals surface area contributed by atoms with Crippen LogP contribution in [0.1, 0.15) is 432 Å². The average Bonchev–Trinajstić information content (AvgIpc) is 1.06. The van der Waals surface area contributed by atoms with E-state index in [0.29, 0.717) is 83.5 Å². The van der Waals surface area contributed by atoms with Crippen molar-refractivity contribution in [2.75, 3.05) is 45.3 Å². The number of rotatable bonds is 0. The van der Waals surface area contributed by atoms with Gasteiger partial charge in [-0.2, -0.15) is 0 Å². The molecule has 0 saturated carbocycles. The number of amides is 4. The standard InChI is InChI=1S/2C13H25NO.C13H25N.C12H24N2O.C12H23NO2.2C12H23NO.C12H23NS.C12H23N/c1-10-14(13(5,6)7)11(8-9-15-10)12(2,3)4;1-12(2,3)10-8-7-9-11(15)14(10)13(4,5)6;1-10-8-9-11(12(2,3)4)14(10)13(5,6)7;1-11(2,3)9-7-13-8-10(15)14(9)12(4,5)6;1-11(2,3)9-7-15-8-10(14)13(9)12(4,5)6;1-9-13(12(5,6)7)10(8-14-9)11(2,3)4;1-11(2,3)9-7-8-10(14)13(9)12(4,5)6;1-9-13(12(5,6)7)10(8-14-9)11(2,3)4;1-9-8-10(11(2,3)4)13(9)12(5,6)7/h11H,1,8-9H2,2-7H3;10H,7-9H2,1-6H3;11H,1,8-9H2,2-7H3;9,13H,7-8H2,1-6H3;9H,7-8H2,1-6H3;10H,1,8H2,2-7H3;9H,7-8H2,1-6H3;10H,1,8H2,2-7H3;10H,1,8H2,2-7H3. The summed E-state index contributed by atoms with van der Waals surface area (Å²) in [6.45, 7) is 144. The maximum Gasteiger partial charge on any atom is 0.249 e. The third kappa shape index (κ3) is 36.5. The van der Waals surface area contributed by atoms with Crippen molar-refractivity contribution in [3.05, 3.63) is 61.1 Å². The van der Waals surface area contributed by atoms with Crippen molar-refractivity contribution in [3.8, 4) is 0 Å². The van der Waals surface area contributed by atoms with Crippen LogP contribution in [0.2, 0.25) is 0 Å². The van der Waals surface area contributed by atoms with Crippen LogP contribution in [0.5, 0.6) is 0 Å². The molecule has 0 aromatic carbocycles. The van der Waals surface area contributed by atoms with Crippen molar-refractivity contribution >= 4 is 35.4 Å². The first kappa shape index (κ1) is 122. The van der Waals surface area contributed by atoms with Gasteiger partial charge in [0.25, 0.3) is 0 Å². The number of carbonyl (C=O) groups is 4. The lowest BCUT2D eigenvalue weighted by molar-refractivity contribution is -0.162. The van der Waals surface area contributed by atoms with Crippen LogP contribution in [0.3, 0.4) is 0 Å². The third-order valence-electron chi connectivity index (χ3n) is 26.1. The SMILES string of the molecule is C=C1CC(C(C)(C)C)N1C(C)(C)C.C=C1CCC(C(C)(C)C)N1C(C)(C)C.C=C1OCC(C(C)(C)C)N1C(C)(C)C.C=C1OCCC(C(C)(C)C)N1C(C)(C)C.C=C1SCC(C(C)(C)C)N1C(C)(C)C.CC(C)(C)C1CCC(=O)N1C(C)(C)C.CC(C)(C)C1CCCC(=O)N1C(C)(C)C.CC(C)(C)C1CNCC(=O)N1C(C)(C)C.CC(C)(C)C1COCC(=O)N1C(C)(C)C. The summed E-state index contributed by atoms with van der Waals surface area (Å²) >= 11 is 1.90. The van der Waals surface area contributed by atoms with Gasteiger partial charge in [0.15, 0.2) is 11.8 Å². The zero-order valence-corrected chi connectivity index (χ0v) is 96.2. The highest BCUT2D eigenvalue weighted by Crippen LogP contribution is 2.49. The van der Waals surface area contributed by atoms with E-state index < -0.39 is 0 Å². The van der Waals surface area contributed by atoms with E-state index in [1.54, 1.807) is 0 Å². The molecular weight excluding hydrogens is 1620 g/mol. The fourth-order valence-corrected chi connectivity index (χ4v) is 21.6. The molecular formula is C111H214N10O7S. The summed E-state index contributed by atoms with van der Waals surface area (Å²) in [4.78, 5) is 68.0. The predicted molar refractivity (Wildman–Crippen MR) is 559 cm³/mol. The number of hydrogen-bond acceptors (Lipinski definition) is 14. The maximum atomic E-state index is 12.0. The Balaban J connectivity index is 0.000000726. The van der Waals surface area contributed by atoms with Gasteiger partial charge in [-0.1, -0.05) is 207 Å². The zero-order chi connectivity index (χ0) is 102. The van der Waals surface area contributed by atoms with Crippen LogP contribution in [0, 0.1) is 48.7 Å². The lowest BCUT2D eigenvalue weighted by atomic mass is 9.75. The van der Waals surface area contributed by atoms with Gasteiger partial charge in [-0.15, -0.1) is 11.8 Å². The molecule has 9 rings (SSSR count). The van der Waals surface area contributed by atoms with Crippen LogP contribution in [0.4, 0.5) is 0 Å². The van der Waals surface area contributed by atoms with Crippen LogP contribution in [-0.4, -0.2) is 217 Å². The first-order valence-electron chi connectivity index (χ1n) is 49.6. The van der Waals surface area contributed by atoms with Crippen molar-refractivity contribution in [1.82, 2.24) is 49.4 Å². The molecule has 4 amide bonds. The van der Waals surface area contributed by atoms with E-state index in [4.69, 9.17) is 14.2 Å². The van der Waals surface area contributed by atoms with Crippen molar-refractivity contribution in [2.24, 2.45) is 48.7 Å². The molecule has 9 fully saturated rings. The molecule has 9 saturated heterocycles. The smallest absolute Gasteiger partial charge is 0.249 e. The first-order valence-corrected chi connectivity index (χ1v) is 50.6. The minimum absolute atomic E-state index is 0.0362. The molecule has 0 aromatic rings. The molecule has 756 valence electrons. The van der Waals surface area contributed by atoms with E-state index in [-0.39, 0.29) is 113 Å². The van der Waals surface area contributed by atoms with E-state index in [0.717, 1.165) is 70.0 Å². The quantitative estimate of drug-likeness (QED) is 0.246. The van der Waals surface area contributed by atoms with Crippen molar-refractivity contribution < 1.29 is 33.4 Å². The number of nitrogens with zero attached hydrogens (tertiary/aromatic N) is 9. The molecule has 17 nitrogen and oxygen atoms in total. The summed E-state index contributed by atoms with van der Waals surface area (Å²) in [7, 11) is 0. The molecule has 0 bridgehead atoms. The first-order chi connectivity index (χ1) is 56.7. The second-order valence-corrected chi connectivity index (χ2v) is 58.4. The zero-order valence-electron chi connectivity index (χ0n) is 95.3. The summed E-state index contributed by atoms with van der Waals surface area (Å²) in [5.41, 5.74) is 5.23. The van der Waals surface area contributed by atoms with E-state index in [1.807, 2.05) is 21.6 Å². The number of hydrogen-bond donors (Lipinski definition) is 1. The molecule has 0 spiro atoms. The molecule has 0 aliphatic carbocycles. The van der Waals surface area contributed by atoms with Gasteiger partial charge in [-0.3, -0.25) is 19.2 Å². The Hall–Kier alpha value is -4.55. The predicted octanol–water partition coefficient (Wildman–Crippen LogP) is 27.1. The highest BCUT2D eigenvalue weighted by molar-refractivity contribution is 8.03. The summed E-state index contributed by atoms with van der Waals surface area (Å²) < 4.78 is 16.5. The second-order valence-electron chi connectivity index (χ2n) is 57.3. The Bertz CT molecular complexity index is 3210. The van der Waals surface area contributed by atoms with Crippen LogP contribution in [0.25, 0.3) is 0 Å². The van der Waals surface area contributed by atoms with Gasteiger partial charge in [-0.05, 0) is 281 Å². The summed E-state index contributed by atoms with van der Waals surface area (Å²) in [5, 5.41) is 4.44. The number of carbonyl (C=O) groups excluding carboxylic acids is 4. The molecule has 9 unspecified atom stereocenters. The van der Waals surface area contributed by atoms with E-state index >= 15 is 0 Å². The molecule has 9 heterocycles. The Labute approximate surface area is 804 Å². The monoisotopic (exact) mass is 1830 g/mol. The average molecular weight is 1830 g/mol. The van der Waals surface area contributed by atoms with Crippen molar-refractivity contribution in [3.63, 3.8) is 0 Å². The number of morpholine rings is 1. The largest absolute Gasteiger partial charge is 0.479 e. The molecule has 9 aliphatic rings. The minimum Gasteiger partial charge on any atom is -0.479 e. The summed E-state index contributed by atoms with van der Waals surface area (Å²) in [5.74, 6) is 3.79. The number of piperidine rings is 1. The molecule has 129 heavy (non-hydrogen) atoms. The normalized spacial score (nSPS) is 24.4. The van der Waals surface area contributed by atoms with Gasteiger partial charge in [0.1, 0.15) is 13.2 Å².